The maximum absolute atomic E-state index is 13.1. The van der Waals surface area contributed by atoms with E-state index in [2.05, 4.69) is 29.4 Å². The fourth-order valence-electron chi connectivity index (χ4n) is 3.87. The zero-order chi connectivity index (χ0) is 20.4. The van der Waals surface area contributed by atoms with Gasteiger partial charge in [0.15, 0.2) is 0 Å². The Morgan fingerprint density at radius 3 is 2.72 bits per heavy atom. The fourth-order valence-corrected chi connectivity index (χ4v) is 3.87. The molecule has 1 aliphatic heterocycles. The molecule has 0 bridgehead atoms. The van der Waals surface area contributed by atoms with E-state index in [1.807, 2.05) is 42.2 Å². The Labute approximate surface area is 171 Å². The molecule has 2 aromatic carbocycles. The second-order valence-electron chi connectivity index (χ2n) is 7.89. The van der Waals surface area contributed by atoms with E-state index in [4.69, 9.17) is 5.26 Å². The quantitative estimate of drug-likeness (QED) is 0.687. The van der Waals surface area contributed by atoms with Crippen molar-refractivity contribution in [1.82, 2.24) is 9.88 Å². The minimum atomic E-state index is -0.0121. The molecule has 1 atom stereocenters. The molecule has 1 N–H and O–H groups in total. The minimum Gasteiger partial charge on any atom is -0.355 e. The van der Waals surface area contributed by atoms with E-state index < -0.39 is 0 Å². The molecule has 146 valence electrons. The van der Waals surface area contributed by atoms with Gasteiger partial charge in [0, 0.05) is 24.2 Å². The first-order valence-corrected chi connectivity index (χ1v) is 10.0. The van der Waals surface area contributed by atoms with Crippen LogP contribution in [0.25, 0.3) is 10.9 Å². The first-order valence-electron chi connectivity index (χ1n) is 10.0. The third-order valence-corrected chi connectivity index (χ3v) is 5.42. The second-order valence-corrected chi connectivity index (χ2v) is 7.89. The molecule has 29 heavy (non-hydrogen) atoms. The minimum absolute atomic E-state index is 0.0121. The molecular formula is C24H24N4O. The molecule has 5 nitrogen and oxygen atoms in total. The van der Waals surface area contributed by atoms with Gasteiger partial charge in [0.25, 0.3) is 5.91 Å². The molecule has 1 amide bonds. The SMILES string of the molecule is Cc1ccc2nc(C(=O)N3CCC[C@@H](C)C3)cc(Nc3ccc(C#N)cc3)c2c1. The van der Waals surface area contributed by atoms with Gasteiger partial charge in [0.2, 0.25) is 0 Å². The number of carbonyl (C=O) groups excluding carboxylic acids is 1. The zero-order valence-electron chi connectivity index (χ0n) is 16.8. The van der Waals surface area contributed by atoms with Crippen molar-refractivity contribution in [2.75, 3.05) is 18.4 Å². The monoisotopic (exact) mass is 384 g/mol. The largest absolute Gasteiger partial charge is 0.355 e. The summed E-state index contributed by atoms with van der Waals surface area (Å²) >= 11 is 0. The number of anilines is 2. The number of aryl methyl sites for hydroxylation is 1. The molecule has 2 heterocycles. The number of benzene rings is 2. The maximum atomic E-state index is 13.1. The lowest BCUT2D eigenvalue weighted by molar-refractivity contribution is 0.0677. The van der Waals surface area contributed by atoms with Crippen LogP contribution in [0.15, 0.2) is 48.5 Å². The Morgan fingerprint density at radius 1 is 1.21 bits per heavy atom. The first-order chi connectivity index (χ1) is 14.0. The van der Waals surface area contributed by atoms with Gasteiger partial charge in [-0.15, -0.1) is 0 Å². The van der Waals surface area contributed by atoms with Crippen molar-refractivity contribution in [3.8, 4) is 6.07 Å². The summed E-state index contributed by atoms with van der Waals surface area (Å²) in [5, 5.41) is 13.4. The van der Waals surface area contributed by atoms with Crippen LogP contribution < -0.4 is 5.32 Å². The zero-order valence-corrected chi connectivity index (χ0v) is 16.8. The normalized spacial score (nSPS) is 16.4. The van der Waals surface area contributed by atoms with Crippen molar-refractivity contribution in [2.24, 2.45) is 5.92 Å². The second kappa shape index (κ2) is 7.92. The highest BCUT2D eigenvalue weighted by Crippen LogP contribution is 2.29. The summed E-state index contributed by atoms with van der Waals surface area (Å²) in [5.41, 5.74) is 4.71. The summed E-state index contributed by atoms with van der Waals surface area (Å²) < 4.78 is 0. The average Bonchev–Trinajstić information content (AvgIpc) is 2.74. The Hall–Kier alpha value is -3.39. The number of hydrogen-bond donors (Lipinski definition) is 1. The Kier molecular flexibility index (Phi) is 5.18. The summed E-state index contributed by atoms with van der Waals surface area (Å²) in [5.74, 6) is 0.508. The number of piperidine rings is 1. The third kappa shape index (κ3) is 4.07. The number of fused-ring (bicyclic) bond motifs is 1. The molecule has 1 saturated heterocycles. The lowest BCUT2D eigenvalue weighted by Gasteiger charge is -2.30. The van der Waals surface area contributed by atoms with Gasteiger partial charge in [-0.3, -0.25) is 4.79 Å². The molecule has 0 saturated carbocycles. The number of hydrogen-bond acceptors (Lipinski definition) is 4. The molecular weight excluding hydrogens is 360 g/mol. The number of carbonyl (C=O) groups is 1. The van der Waals surface area contributed by atoms with E-state index in [1.165, 1.54) is 6.42 Å². The van der Waals surface area contributed by atoms with Gasteiger partial charge in [-0.2, -0.15) is 5.26 Å². The van der Waals surface area contributed by atoms with Gasteiger partial charge in [-0.05, 0) is 68.1 Å². The Bertz CT molecular complexity index is 1100. The third-order valence-electron chi connectivity index (χ3n) is 5.42. The fraction of sp³-hybridized carbons (Fsp3) is 0.292. The molecule has 0 unspecified atom stereocenters. The first kappa shape index (κ1) is 18.9. The lowest BCUT2D eigenvalue weighted by Crippen LogP contribution is -2.39. The average molecular weight is 384 g/mol. The van der Waals surface area contributed by atoms with E-state index in [9.17, 15) is 4.79 Å². The van der Waals surface area contributed by atoms with E-state index in [1.54, 1.807) is 12.1 Å². The van der Waals surface area contributed by atoms with Crippen LogP contribution in [0.4, 0.5) is 11.4 Å². The number of aromatic nitrogens is 1. The number of nitrogens with one attached hydrogen (secondary N) is 1. The summed E-state index contributed by atoms with van der Waals surface area (Å²) in [6.07, 6.45) is 2.20. The van der Waals surface area contributed by atoms with Gasteiger partial charge in [-0.1, -0.05) is 18.6 Å². The van der Waals surface area contributed by atoms with Crippen LogP contribution in [0.2, 0.25) is 0 Å². The van der Waals surface area contributed by atoms with Crippen molar-refractivity contribution in [1.29, 1.82) is 5.26 Å². The Balaban J connectivity index is 1.73. The van der Waals surface area contributed by atoms with Crippen molar-refractivity contribution in [3.05, 3.63) is 65.4 Å². The van der Waals surface area contributed by atoms with Gasteiger partial charge < -0.3 is 10.2 Å². The number of nitriles is 1. The van der Waals surface area contributed by atoms with Crippen LogP contribution in [0, 0.1) is 24.2 Å². The standard InChI is InChI=1S/C24H24N4O/c1-16-5-10-21-20(12-16)22(26-19-8-6-18(14-25)7-9-19)13-23(27-21)24(29)28-11-3-4-17(2)15-28/h5-10,12-13,17H,3-4,11,15H2,1-2H3,(H,26,27)/t17-/m1/s1. The summed E-state index contributed by atoms with van der Waals surface area (Å²) in [7, 11) is 0. The number of pyridine rings is 1. The molecule has 4 rings (SSSR count). The number of nitrogens with zero attached hydrogens (tertiary/aromatic N) is 3. The highest BCUT2D eigenvalue weighted by molar-refractivity contribution is 6.00. The van der Waals surface area contributed by atoms with Crippen molar-refractivity contribution < 1.29 is 4.79 Å². The molecule has 5 heteroatoms. The van der Waals surface area contributed by atoms with Gasteiger partial charge in [0.05, 0.1) is 22.8 Å². The molecule has 0 aliphatic carbocycles. The molecule has 0 radical (unpaired) electrons. The van der Waals surface area contributed by atoms with Crippen LogP contribution in [0.3, 0.4) is 0 Å². The molecule has 0 spiro atoms. The van der Waals surface area contributed by atoms with E-state index in [0.717, 1.165) is 47.4 Å². The highest BCUT2D eigenvalue weighted by Gasteiger charge is 2.24. The van der Waals surface area contributed by atoms with Crippen molar-refractivity contribution in [2.45, 2.75) is 26.7 Å². The van der Waals surface area contributed by atoms with E-state index in [-0.39, 0.29) is 5.91 Å². The number of rotatable bonds is 3. The van der Waals surface area contributed by atoms with Gasteiger partial charge >= 0.3 is 0 Å². The smallest absolute Gasteiger partial charge is 0.272 e. The summed E-state index contributed by atoms with van der Waals surface area (Å²) in [6.45, 7) is 5.80. The Morgan fingerprint density at radius 2 is 2.00 bits per heavy atom. The molecule has 3 aromatic rings. The van der Waals surface area contributed by atoms with Crippen molar-refractivity contribution in [3.63, 3.8) is 0 Å². The van der Waals surface area contributed by atoms with Crippen LogP contribution in [-0.4, -0.2) is 28.9 Å². The van der Waals surface area contributed by atoms with Crippen molar-refractivity contribution >= 4 is 28.2 Å². The highest BCUT2D eigenvalue weighted by atomic mass is 16.2. The summed E-state index contributed by atoms with van der Waals surface area (Å²) in [6, 6.07) is 17.3. The maximum Gasteiger partial charge on any atom is 0.272 e. The van der Waals surface area contributed by atoms with E-state index in [0.29, 0.717) is 17.2 Å². The van der Waals surface area contributed by atoms with Gasteiger partial charge in [0.1, 0.15) is 5.69 Å². The predicted molar refractivity (Wildman–Crippen MR) is 115 cm³/mol. The summed E-state index contributed by atoms with van der Waals surface area (Å²) in [4.78, 5) is 19.7. The van der Waals surface area contributed by atoms with Crippen LogP contribution in [0.1, 0.15) is 41.4 Å². The molecule has 1 aromatic heterocycles. The van der Waals surface area contributed by atoms with Crippen LogP contribution in [-0.2, 0) is 0 Å². The molecule has 1 aliphatic rings. The van der Waals surface area contributed by atoms with Crippen LogP contribution in [0.5, 0.6) is 0 Å². The van der Waals surface area contributed by atoms with E-state index >= 15 is 0 Å². The topological polar surface area (TPSA) is 69.0 Å². The number of amides is 1. The molecule has 1 fully saturated rings. The number of likely N-dealkylation sites (tertiary alicyclic amines) is 1. The predicted octanol–water partition coefficient (Wildman–Crippen LogP) is 5.03. The van der Waals surface area contributed by atoms with Gasteiger partial charge in [-0.25, -0.2) is 4.98 Å². The van der Waals surface area contributed by atoms with Crippen LogP contribution >= 0.6 is 0 Å². The lowest BCUT2D eigenvalue weighted by atomic mass is 10.00.